The molecule has 1 aliphatic heterocycles. The summed E-state index contributed by atoms with van der Waals surface area (Å²) in [6, 6.07) is 8.94. The van der Waals surface area contributed by atoms with Gasteiger partial charge < -0.3 is 19.3 Å². The van der Waals surface area contributed by atoms with Crippen molar-refractivity contribution in [2.45, 2.75) is 24.9 Å². The topological polar surface area (TPSA) is 68.2 Å². The third-order valence-corrected chi connectivity index (χ3v) is 5.14. The van der Waals surface area contributed by atoms with Crippen molar-refractivity contribution >= 4 is 5.97 Å². The Morgan fingerprint density at radius 2 is 1.86 bits per heavy atom. The minimum Gasteiger partial charge on any atom is -0.497 e. The van der Waals surface area contributed by atoms with Crippen LogP contribution in [0, 0.1) is 5.82 Å². The molecule has 2 atom stereocenters. The fourth-order valence-electron chi connectivity index (χ4n) is 3.81. The first-order valence-corrected chi connectivity index (χ1v) is 9.04. The van der Waals surface area contributed by atoms with Crippen LogP contribution in [0.2, 0.25) is 0 Å². The Hall–Kier alpha value is -2.80. The van der Waals surface area contributed by atoms with E-state index in [1.807, 2.05) is 11.0 Å². The molecule has 28 heavy (non-hydrogen) atoms. The first kappa shape index (κ1) is 19.9. The molecule has 0 aliphatic carbocycles. The van der Waals surface area contributed by atoms with Crippen molar-refractivity contribution in [2.75, 3.05) is 27.9 Å². The molecule has 1 fully saturated rings. The van der Waals surface area contributed by atoms with Crippen molar-refractivity contribution in [3.8, 4) is 17.2 Å². The summed E-state index contributed by atoms with van der Waals surface area (Å²) in [5.74, 6) is -0.0685. The van der Waals surface area contributed by atoms with Crippen LogP contribution in [0.1, 0.15) is 30.0 Å². The molecule has 2 aromatic carbocycles. The van der Waals surface area contributed by atoms with Crippen molar-refractivity contribution in [3.63, 3.8) is 0 Å². The van der Waals surface area contributed by atoms with Crippen LogP contribution in [0.15, 0.2) is 36.4 Å². The number of hydrogen-bond donors (Lipinski definition) is 1. The molecule has 1 aliphatic rings. The molecule has 0 bridgehead atoms. The van der Waals surface area contributed by atoms with Gasteiger partial charge in [-0.25, -0.2) is 4.39 Å². The van der Waals surface area contributed by atoms with Crippen molar-refractivity contribution in [1.29, 1.82) is 0 Å². The number of hydrogen-bond acceptors (Lipinski definition) is 5. The van der Waals surface area contributed by atoms with Crippen molar-refractivity contribution in [3.05, 3.63) is 53.3 Å². The van der Waals surface area contributed by atoms with Gasteiger partial charge in [0, 0.05) is 18.2 Å². The lowest BCUT2D eigenvalue weighted by atomic mass is 9.95. The van der Waals surface area contributed by atoms with E-state index in [0.29, 0.717) is 30.0 Å². The van der Waals surface area contributed by atoms with Gasteiger partial charge in [0.25, 0.3) is 0 Å². The zero-order valence-corrected chi connectivity index (χ0v) is 16.1. The second kappa shape index (κ2) is 8.48. The number of benzene rings is 2. The second-order valence-corrected chi connectivity index (χ2v) is 6.64. The van der Waals surface area contributed by atoms with Crippen molar-refractivity contribution in [1.82, 2.24) is 4.90 Å². The standard InChI is InChI=1S/C21H24FNO5/c1-26-14-7-8-15(19(12-14)28-3)20(23-10-4-5-17(23)21(24)25)13-6-9-18(27-2)16(22)11-13/h6-9,11-12,17,20H,4-5,10H2,1-3H3,(H,24,25). The Labute approximate surface area is 163 Å². The first-order valence-electron chi connectivity index (χ1n) is 9.04. The van der Waals surface area contributed by atoms with E-state index in [0.717, 1.165) is 12.0 Å². The van der Waals surface area contributed by atoms with E-state index in [-0.39, 0.29) is 5.75 Å². The minimum absolute atomic E-state index is 0.139. The fraction of sp³-hybridized carbons (Fsp3) is 0.381. The van der Waals surface area contributed by atoms with E-state index in [2.05, 4.69) is 0 Å². The number of carboxylic acid groups (broad SMARTS) is 1. The SMILES string of the molecule is COc1ccc(C(c2ccc(OC)c(F)c2)N2CCCC2C(=O)O)c(OC)c1. The highest BCUT2D eigenvalue weighted by Gasteiger charge is 2.38. The van der Waals surface area contributed by atoms with Crippen LogP contribution in [-0.4, -0.2) is 49.9 Å². The molecular formula is C21H24FNO5. The van der Waals surface area contributed by atoms with Crippen LogP contribution in [0.5, 0.6) is 17.2 Å². The van der Waals surface area contributed by atoms with Gasteiger partial charge in [-0.2, -0.15) is 0 Å². The molecule has 3 rings (SSSR count). The summed E-state index contributed by atoms with van der Waals surface area (Å²) in [7, 11) is 4.51. The Kier molecular flexibility index (Phi) is 6.04. The predicted octanol–water partition coefficient (Wildman–Crippen LogP) is 3.49. The zero-order valence-electron chi connectivity index (χ0n) is 16.1. The molecule has 0 radical (unpaired) electrons. The molecular weight excluding hydrogens is 365 g/mol. The quantitative estimate of drug-likeness (QED) is 0.782. The number of carboxylic acids is 1. The Balaban J connectivity index is 2.15. The third kappa shape index (κ3) is 3.75. The zero-order chi connectivity index (χ0) is 20.3. The molecule has 1 N–H and O–H groups in total. The lowest BCUT2D eigenvalue weighted by Crippen LogP contribution is -2.39. The van der Waals surface area contributed by atoms with Gasteiger partial charge in [0.05, 0.1) is 27.4 Å². The van der Waals surface area contributed by atoms with Crippen LogP contribution in [0.3, 0.4) is 0 Å². The average molecular weight is 389 g/mol. The normalized spacial score (nSPS) is 17.9. The molecule has 150 valence electrons. The second-order valence-electron chi connectivity index (χ2n) is 6.64. The van der Waals surface area contributed by atoms with Crippen molar-refractivity contribution in [2.24, 2.45) is 0 Å². The smallest absolute Gasteiger partial charge is 0.320 e. The minimum atomic E-state index is -0.885. The highest BCUT2D eigenvalue weighted by atomic mass is 19.1. The number of aliphatic carboxylic acids is 1. The molecule has 0 aromatic heterocycles. The van der Waals surface area contributed by atoms with Gasteiger partial charge in [-0.1, -0.05) is 6.07 Å². The molecule has 2 aromatic rings. The Morgan fingerprint density at radius 3 is 2.46 bits per heavy atom. The molecule has 1 saturated heterocycles. The maximum atomic E-state index is 14.5. The van der Waals surface area contributed by atoms with Crippen LogP contribution in [0.25, 0.3) is 0 Å². The molecule has 1 heterocycles. The molecule has 7 heteroatoms. The van der Waals surface area contributed by atoms with Crippen LogP contribution in [0.4, 0.5) is 4.39 Å². The summed E-state index contributed by atoms with van der Waals surface area (Å²) in [4.78, 5) is 13.7. The van der Waals surface area contributed by atoms with Gasteiger partial charge in [0.1, 0.15) is 17.5 Å². The van der Waals surface area contributed by atoms with E-state index in [1.54, 1.807) is 38.5 Å². The largest absolute Gasteiger partial charge is 0.497 e. The van der Waals surface area contributed by atoms with Crippen LogP contribution >= 0.6 is 0 Å². The average Bonchev–Trinajstić information content (AvgIpc) is 3.18. The summed E-state index contributed by atoms with van der Waals surface area (Å²) in [6.45, 7) is 0.588. The maximum Gasteiger partial charge on any atom is 0.320 e. The molecule has 0 saturated carbocycles. The lowest BCUT2D eigenvalue weighted by Gasteiger charge is -2.33. The number of methoxy groups -OCH3 is 3. The van der Waals surface area contributed by atoms with Gasteiger partial charge in [-0.05, 0) is 42.7 Å². The summed E-state index contributed by atoms with van der Waals surface area (Å²) in [5, 5.41) is 9.68. The first-order chi connectivity index (χ1) is 13.5. The van der Waals surface area contributed by atoms with E-state index in [1.165, 1.54) is 13.2 Å². The van der Waals surface area contributed by atoms with E-state index < -0.39 is 23.9 Å². The van der Waals surface area contributed by atoms with Gasteiger partial charge in [0.2, 0.25) is 0 Å². The highest BCUT2D eigenvalue weighted by Crippen LogP contribution is 2.41. The summed E-state index contributed by atoms with van der Waals surface area (Å²) in [5.41, 5.74) is 1.39. The van der Waals surface area contributed by atoms with Gasteiger partial charge in [0.15, 0.2) is 11.6 Å². The fourth-order valence-corrected chi connectivity index (χ4v) is 3.81. The molecule has 0 spiro atoms. The van der Waals surface area contributed by atoms with E-state index >= 15 is 0 Å². The predicted molar refractivity (Wildman–Crippen MR) is 102 cm³/mol. The lowest BCUT2D eigenvalue weighted by molar-refractivity contribution is -0.142. The van der Waals surface area contributed by atoms with E-state index in [9.17, 15) is 14.3 Å². The summed E-state index contributed by atoms with van der Waals surface area (Å²) < 4.78 is 30.3. The molecule has 0 amide bonds. The number of halogens is 1. The Morgan fingerprint density at radius 1 is 1.11 bits per heavy atom. The third-order valence-electron chi connectivity index (χ3n) is 5.14. The van der Waals surface area contributed by atoms with Crippen LogP contribution < -0.4 is 14.2 Å². The number of likely N-dealkylation sites (tertiary alicyclic amines) is 1. The number of nitrogens with zero attached hydrogens (tertiary/aromatic N) is 1. The van der Waals surface area contributed by atoms with Crippen LogP contribution in [-0.2, 0) is 4.79 Å². The number of ether oxygens (including phenoxy) is 3. The van der Waals surface area contributed by atoms with Gasteiger partial charge in [-0.15, -0.1) is 0 Å². The summed E-state index contributed by atoms with van der Waals surface area (Å²) in [6.07, 6.45) is 1.30. The molecule has 6 nitrogen and oxygen atoms in total. The Bertz CT molecular complexity index is 857. The molecule has 2 unspecified atom stereocenters. The van der Waals surface area contributed by atoms with Crippen molar-refractivity contribution < 1.29 is 28.5 Å². The van der Waals surface area contributed by atoms with E-state index in [4.69, 9.17) is 14.2 Å². The monoisotopic (exact) mass is 389 g/mol. The number of rotatable bonds is 7. The van der Waals surface area contributed by atoms with Gasteiger partial charge in [-0.3, -0.25) is 9.69 Å². The summed E-state index contributed by atoms with van der Waals surface area (Å²) >= 11 is 0. The van der Waals surface area contributed by atoms with Gasteiger partial charge >= 0.3 is 5.97 Å². The maximum absolute atomic E-state index is 14.5. The number of carbonyl (C=O) groups is 1. The highest BCUT2D eigenvalue weighted by molar-refractivity contribution is 5.74.